The van der Waals surface area contributed by atoms with E-state index in [1.807, 2.05) is 0 Å². The van der Waals surface area contributed by atoms with Crippen molar-refractivity contribution < 1.29 is 24.3 Å². The Kier molecular flexibility index (Phi) is 7.26. The molecule has 2 aliphatic heterocycles. The zero-order chi connectivity index (χ0) is 25.9. The summed E-state index contributed by atoms with van der Waals surface area (Å²) in [6.45, 7) is 2.51. The fourth-order valence-corrected chi connectivity index (χ4v) is 5.88. The second-order valence-electron chi connectivity index (χ2n) is 10.2. The van der Waals surface area contributed by atoms with Crippen molar-refractivity contribution >= 4 is 29.4 Å². The van der Waals surface area contributed by atoms with Gasteiger partial charge in [0.1, 0.15) is 6.04 Å². The minimum atomic E-state index is -1.37. The summed E-state index contributed by atoms with van der Waals surface area (Å²) in [5.74, 6) is -2.02. The summed E-state index contributed by atoms with van der Waals surface area (Å²) in [7, 11) is 0. The topological polar surface area (TPSA) is 98.2 Å². The molecule has 0 unspecified atom stereocenters. The summed E-state index contributed by atoms with van der Waals surface area (Å²) in [5, 5.41) is 9.76. The van der Waals surface area contributed by atoms with Crippen LogP contribution < -0.4 is 4.90 Å². The van der Waals surface area contributed by atoms with Crippen LogP contribution in [0.25, 0.3) is 0 Å². The maximum absolute atomic E-state index is 12.9. The first kappa shape index (κ1) is 25.0. The lowest BCUT2D eigenvalue weighted by atomic mass is 9.84. The largest absolute Gasteiger partial charge is 0.480 e. The summed E-state index contributed by atoms with van der Waals surface area (Å²) in [4.78, 5) is 55.1. The van der Waals surface area contributed by atoms with E-state index in [0.717, 1.165) is 10.6 Å². The summed E-state index contributed by atoms with van der Waals surface area (Å²) in [6, 6.07) is 13.8. The van der Waals surface area contributed by atoms with Crippen molar-refractivity contribution in [1.29, 1.82) is 0 Å². The van der Waals surface area contributed by atoms with Gasteiger partial charge in [0, 0.05) is 38.3 Å². The van der Waals surface area contributed by atoms with Crippen LogP contribution in [-0.4, -0.2) is 70.8 Å². The van der Waals surface area contributed by atoms with E-state index in [1.54, 1.807) is 17.0 Å². The third-order valence-corrected chi connectivity index (χ3v) is 8.02. The number of carboxylic acid groups (broad SMARTS) is 1. The van der Waals surface area contributed by atoms with Gasteiger partial charge >= 0.3 is 5.97 Å². The average molecular weight is 504 g/mol. The first-order valence-corrected chi connectivity index (χ1v) is 13.3. The predicted molar refractivity (Wildman–Crippen MR) is 139 cm³/mol. The van der Waals surface area contributed by atoms with Crippen molar-refractivity contribution in [3.05, 3.63) is 65.2 Å². The number of fused-ring (bicyclic) bond motifs is 1. The lowest BCUT2D eigenvalue weighted by Crippen LogP contribution is -2.49. The number of carboxylic acids is 1. The molecule has 1 aliphatic carbocycles. The third-order valence-electron chi connectivity index (χ3n) is 8.02. The number of rotatable bonds is 7. The van der Waals surface area contributed by atoms with E-state index in [0.29, 0.717) is 32.1 Å². The van der Waals surface area contributed by atoms with Crippen molar-refractivity contribution in [2.75, 3.05) is 31.1 Å². The van der Waals surface area contributed by atoms with Crippen LogP contribution in [0, 0.1) is 0 Å². The fourth-order valence-electron chi connectivity index (χ4n) is 5.88. The summed E-state index contributed by atoms with van der Waals surface area (Å²) < 4.78 is 0. The van der Waals surface area contributed by atoms with Crippen molar-refractivity contribution in [2.45, 2.75) is 56.9 Å². The van der Waals surface area contributed by atoms with Gasteiger partial charge in [-0.25, -0.2) is 4.79 Å². The number of anilines is 1. The predicted octanol–water partition coefficient (Wildman–Crippen LogP) is 3.91. The number of imide groups is 1. The lowest BCUT2D eigenvalue weighted by molar-refractivity contribution is -0.142. The van der Waals surface area contributed by atoms with Gasteiger partial charge in [0.15, 0.2) is 0 Å². The molecule has 0 aromatic heterocycles. The fraction of sp³-hybridized carbons (Fsp3) is 0.448. The molecule has 1 N–H and O–H groups in total. The number of amides is 3. The molecule has 0 radical (unpaired) electrons. The van der Waals surface area contributed by atoms with Crippen molar-refractivity contribution in [3.63, 3.8) is 0 Å². The highest BCUT2D eigenvalue weighted by atomic mass is 16.4. The van der Waals surface area contributed by atoms with Gasteiger partial charge in [-0.15, -0.1) is 0 Å². The SMILES string of the molecule is O=C(O)[C@H](CCC(=O)N1CCN(c2ccc(C3CCCCC3)cc2)CC1)N1C(=O)c2ccccc2C1=O. The zero-order valence-electron chi connectivity index (χ0n) is 21.0. The molecule has 0 bridgehead atoms. The molecule has 8 nitrogen and oxygen atoms in total. The molecule has 2 fully saturated rings. The first-order chi connectivity index (χ1) is 17.9. The summed E-state index contributed by atoms with van der Waals surface area (Å²) >= 11 is 0. The van der Waals surface area contributed by atoms with Gasteiger partial charge in [0.05, 0.1) is 11.1 Å². The zero-order valence-corrected chi connectivity index (χ0v) is 21.0. The Morgan fingerprint density at radius 1 is 0.838 bits per heavy atom. The van der Waals surface area contributed by atoms with Crippen LogP contribution in [0.3, 0.4) is 0 Å². The Morgan fingerprint density at radius 2 is 1.43 bits per heavy atom. The molecule has 3 amide bonds. The van der Waals surface area contributed by atoms with Crippen molar-refractivity contribution in [1.82, 2.24) is 9.80 Å². The number of carbonyl (C=O) groups is 4. The van der Waals surface area contributed by atoms with E-state index < -0.39 is 23.8 Å². The maximum Gasteiger partial charge on any atom is 0.326 e. The minimum absolute atomic E-state index is 0.0412. The smallest absolute Gasteiger partial charge is 0.326 e. The van der Waals surface area contributed by atoms with E-state index in [2.05, 4.69) is 29.2 Å². The Bertz CT molecular complexity index is 1150. The molecular formula is C29H33N3O5. The molecule has 5 rings (SSSR count). The Hall–Kier alpha value is -3.68. The molecule has 1 atom stereocenters. The number of hydrogen-bond acceptors (Lipinski definition) is 5. The van der Waals surface area contributed by atoms with Crippen LogP contribution in [0.2, 0.25) is 0 Å². The van der Waals surface area contributed by atoms with E-state index in [4.69, 9.17) is 0 Å². The van der Waals surface area contributed by atoms with Crippen LogP contribution in [0.5, 0.6) is 0 Å². The average Bonchev–Trinajstić information content (AvgIpc) is 3.19. The number of piperazine rings is 1. The van der Waals surface area contributed by atoms with Crippen molar-refractivity contribution in [3.8, 4) is 0 Å². The van der Waals surface area contributed by atoms with Crippen molar-refractivity contribution in [2.24, 2.45) is 0 Å². The second-order valence-corrected chi connectivity index (χ2v) is 10.2. The second kappa shape index (κ2) is 10.7. The lowest BCUT2D eigenvalue weighted by Gasteiger charge is -2.36. The minimum Gasteiger partial charge on any atom is -0.480 e. The molecular weight excluding hydrogens is 470 g/mol. The Morgan fingerprint density at radius 3 is 2.00 bits per heavy atom. The van der Waals surface area contributed by atoms with Gasteiger partial charge < -0.3 is 14.9 Å². The first-order valence-electron chi connectivity index (χ1n) is 13.3. The van der Waals surface area contributed by atoms with E-state index in [-0.39, 0.29) is 29.9 Å². The summed E-state index contributed by atoms with van der Waals surface area (Å²) in [6.07, 6.45) is 6.37. The molecule has 0 spiro atoms. The van der Waals surface area contributed by atoms with Gasteiger partial charge in [-0.3, -0.25) is 19.3 Å². The highest BCUT2D eigenvalue weighted by Crippen LogP contribution is 2.33. The van der Waals surface area contributed by atoms with Gasteiger partial charge in [-0.1, -0.05) is 43.5 Å². The molecule has 194 valence electrons. The molecule has 8 heteroatoms. The quantitative estimate of drug-likeness (QED) is 0.576. The van der Waals surface area contributed by atoms with Crippen LogP contribution in [-0.2, 0) is 9.59 Å². The highest BCUT2D eigenvalue weighted by molar-refractivity contribution is 6.22. The Labute approximate surface area is 216 Å². The molecule has 1 saturated carbocycles. The molecule has 2 heterocycles. The summed E-state index contributed by atoms with van der Waals surface area (Å²) in [5.41, 5.74) is 2.98. The normalized spacial score (nSPS) is 19.2. The Balaban J connectivity index is 1.14. The van der Waals surface area contributed by atoms with Crippen LogP contribution in [0.4, 0.5) is 5.69 Å². The van der Waals surface area contributed by atoms with Gasteiger partial charge in [-0.05, 0) is 55.0 Å². The standard InChI is InChI=1S/C29H33N3O5/c33-26(15-14-25(29(36)37)32-27(34)23-8-4-5-9-24(23)28(32)35)31-18-16-30(17-19-31)22-12-10-21(11-13-22)20-6-2-1-3-7-20/h4-5,8-13,20,25H,1-3,6-7,14-19H2,(H,36,37)/t25-/m0/s1. The van der Waals surface area contributed by atoms with E-state index in [9.17, 15) is 24.3 Å². The number of carbonyl (C=O) groups excluding carboxylic acids is 3. The van der Waals surface area contributed by atoms with E-state index >= 15 is 0 Å². The molecule has 3 aliphatic rings. The highest BCUT2D eigenvalue weighted by Gasteiger charge is 2.42. The van der Waals surface area contributed by atoms with Gasteiger partial charge in [0.2, 0.25) is 5.91 Å². The number of benzene rings is 2. The molecule has 1 saturated heterocycles. The molecule has 37 heavy (non-hydrogen) atoms. The van der Waals surface area contributed by atoms with Crippen LogP contribution in [0.1, 0.15) is 77.1 Å². The van der Waals surface area contributed by atoms with Crippen LogP contribution in [0.15, 0.2) is 48.5 Å². The number of nitrogens with zero attached hydrogens (tertiary/aromatic N) is 3. The van der Waals surface area contributed by atoms with Gasteiger partial charge in [-0.2, -0.15) is 0 Å². The molecule has 2 aromatic carbocycles. The number of hydrogen-bond donors (Lipinski definition) is 1. The van der Waals surface area contributed by atoms with Crippen LogP contribution >= 0.6 is 0 Å². The third kappa shape index (κ3) is 5.10. The monoisotopic (exact) mass is 503 g/mol. The molecule has 2 aromatic rings. The van der Waals surface area contributed by atoms with Gasteiger partial charge in [0.25, 0.3) is 11.8 Å². The van der Waals surface area contributed by atoms with E-state index in [1.165, 1.54) is 49.8 Å². The number of aliphatic carboxylic acids is 1. The maximum atomic E-state index is 12.9.